The number of nitrogens with zero attached hydrogens (tertiary/aromatic N) is 1. The van der Waals surface area contributed by atoms with Gasteiger partial charge in [0.15, 0.2) is 0 Å². The van der Waals surface area contributed by atoms with Crippen LogP contribution >= 0.6 is 46.6 Å². The van der Waals surface area contributed by atoms with Gasteiger partial charge in [0.1, 0.15) is 5.37 Å². The van der Waals surface area contributed by atoms with E-state index in [4.69, 9.17) is 34.8 Å². The summed E-state index contributed by atoms with van der Waals surface area (Å²) in [6.07, 6.45) is 0. The third kappa shape index (κ3) is 3.02. The van der Waals surface area contributed by atoms with Crippen LogP contribution in [-0.4, -0.2) is 11.7 Å². The molecule has 1 heterocycles. The van der Waals surface area contributed by atoms with Gasteiger partial charge >= 0.3 is 0 Å². The zero-order chi connectivity index (χ0) is 15.0. The van der Waals surface area contributed by atoms with E-state index in [0.29, 0.717) is 20.8 Å². The highest BCUT2D eigenvalue weighted by molar-refractivity contribution is 8.00. The molecule has 1 saturated heterocycles. The number of carbonyl (C=O) groups excluding carboxylic acids is 1. The van der Waals surface area contributed by atoms with Crippen molar-refractivity contribution in [3.63, 3.8) is 0 Å². The summed E-state index contributed by atoms with van der Waals surface area (Å²) in [5.41, 5.74) is 1.69. The molecule has 2 aromatic carbocycles. The van der Waals surface area contributed by atoms with Crippen molar-refractivity contribution in [1.82, 2.24) is 0 Å². The highest BCUT2D eigenvalue weighted by Gasteiger charge is 2.35. The van der Waals surface area contributed by atoms with Gasteiger partial charge in [0.25, 0.3) is 0 Å². The second kappa shape index (κ2) is 6.09. The smallest absolute Gasteiger partial charge is 0.238 e. The van der Waals surface area contributed by atoms with Crippen LogP contribution in [-0.2, 0) is 4.79 Å². The number of anilines is 1. The first-order valence-electron chi connectivity index (χ1n) is 6.20. The molecule has 21 heavy (non-hydrogen) atoms. The fourth-order valence-corrected chi connectivity index (χ4v) is 4.15. The summed E-state index contributed by atoms with van der Waals surface area (Å²) >= 11 is 19.7. The van der Waals surface area contributed by atoms with Crippen LogP contribution in [0.2, 0.25) is 15.1 Å². The van der Waals surface area contributed by atoms with Crippen molar-refractivity contribution >= 4 is 58.2 Å². The van der Waals surface area contributed by atoms with Crippen LogP contribution in [0, 0.1) is 0 Å². The highest BCUT2D eigenvalue weighted by atomic mass is 35.5. The fraction of sp³-hybridized carbons (Fsp3) is 0.133. The van der Waals surface area contributed by atoms with E-state index in [0.717, 1.165) is 11.3 Å². The summed E-state index contributed by atoms with van der Waals surface area (Å²) < 4.78 is 0. The molecule has 6 heteroatoms. The van der Waals surface area contributed by atoms with Crippen LogP contribution < -0.4 is 4.90 Å². The summed E-state index contributed by atoms with van der Waals surface area (Å²) in [7, 11) is 0. The van der Waals surface area contributed by atoms with Crippen LogP contribution in [0.1, 0.15) is 10.9 Å². The normalized spacial score (nSPS) is 18.3. The molecule has 0 radical (unpaired) electrons. The minimum atomic E-state index is -0.150. The third-order valence-electron chi connectivity index (χ3n) is 3.20. The number of rotatable bonds is 2. The van der Waals surface area contributed by atoms with Crippen LogP contribution in [0.15, 0.2) is 42.5 Å². The second-order valence-corrected chi connectivity index (χ2v) is 6.92. The third-order valence-corrected chi connectivity index (χ3v) is 5.21. The summed E-state index contributed by atoms with van der Waals surface area (Å²) in [4.78, 5) is 14.0. The summed E-state index contributed by atoms with van der Waals surface area (Å²) in [5.74, 6) is 0.477. The molecule has 1 amide bonds. The quantitative estimate of drug-likeness (QED) is 0.714. The largest absolute Gasteiger partial charge is 0.295 e. The number of carbonyl (C=O) groups is 1. The molecular formula is C15H10Cl3NOS. The number of amides is 1. The summed E-state index contributed by atoms with van der Waals surface area (Å²) in [6.45, 7) is 0. The topological polar surface area (TPSA) is 20.3 Å². The Morgan fingerprint density at radius 3 is 2.33 bits per heavy atom. The predicted molar refractivity (Wildman–Crippen MR) is 90.6 cm³/mol. The van der Waals surface area contributed by atoms with E-state index in [9.17, 15) is 4.79 Å². The van der Waals surface area contributed by atoms with E-state index < -0.39 is 0 Å². The highest BCUT2D eigenvalue weighted by Crippen LogP contribution is 2.44. The summed E-state index contributed by atoms with van der Waals surface area (Å²) in [5, 5.41) is 1.63. The lowest BCUT2D eigenvalue weighted by atomic mass is 10.2. The zero-order valence-corrected chi connectivity index (χ0v) is 13.8. The van der Waals surface area contributed by atoms with Gasteiger partial charge in [-0.25, -0.2) is 0 Å². The van der Waals surface area contributed by atoms with Crippen LogP contribution in [0.5, 0.6) is 0 Å². The molecule has 3 rings (SSSR count). The van der Waals surface area contributed by atoms with Crippen LogP contribution in [0.4, 0.5) is 5.69 Å². The van der Waals surface area contributed by atoms with E-state index in [2.05, 4.69) is 0 Å². The molecule has 0 spiro atoms. The Labute approximate surface area is 142 Å². The van der Waals surface area contributed by atoms with E-state index in [1.165, 1.54) is 0 Å². The van der Waals surface area contributed by atoms with Gasteiger partial charge in [0.05, 0.1) is 5.75 Å². The van der Waals surface area contributed by atoms with Gasteiger partial charge in [-0.3, -0.25) is 9.69 Å². The standard InChI is InChI=1S/C15H10Cl3NOS/c16-9-1-4-11(5-2-9)19-14(20)8-21-15(19)12-6-3-10(17)7-13(12)18/h1-7,15H,8H2/t15-/m0/s1. The molecule has 0 N–H and O–H groups in total. The maximum Gasteiger partial charge on any atom is 0.238 e. The average Bonchev–Trinajstić information content (AvgIpc) is 2.82. The van der Waals surface area contributed by atoms with Gasteiger partial charge in [-0.1, -0.05) is 40.9 Å². The first kappa shape index (κ1) is 15.0. The number of benzene rings is 2. The SMILES string of the molecule is O=C1CS[C@@H](c2ccc(Cl)cc2Cl)N1c1ccc(Cl)cc1. The molecule has 1 aliphatic heterocycles. The second-order valence-electron chi connectivity index (χ2n) is 4.57. The maximum atomic E-state index is 12.2. The first-order valence-corrected chi connectivity index (χ1v) is 8.39. The molecule has 0 saturated carbocycles. The Morgan fingerprint density at radius 1 is 1.00 bits per heavy atom. The monoisotopic (exact) mass is 357 g/mol. The fourth-order valence-electron chi connectivity index (χ4n) is 2.24. The lowest BCUT2D eigenvalue weighted by molar-refractivity contribution is -0.115. The van der Waals surface area contributed by atoms with E-state index in [1.54, 1.807) is 40.9 Å². The van der Waals surface area contributed by atoms with Crippen LogP contribution in [0.3, 0.4) is 0 Å². The molecule has 0 unspecified atom stereocenters. The predicted octanol–water partition coefficient (Wildman–Crippen LogP) is 5.43. The molecule has 2 nitrogen and oxygen atoms in total. The van der Waals surface area contributed by atoms with Crippen molar-refractivity contribution in [2.24, 2.45) is 0 Å². The van der Waals surface area contributed by atoms with E-state index in [-0.39, 0.29) is 11.3 Å². The van der Waals surface area contributed by atoms with Crippen molar-refractivity contribution in [3.8, 4) is 0 Å². The Morgan fingerprint density at radius 2 is 1.67 bits per heavy atom. The number of hydrogen-bond donors (Lipinski definition) is 0. The molecule has 1 atom stereocenters. The molecule has 0 aliphatic carbocycles. The van der Waals surface area contributed by atoms with Crippen molar-refractivity contribution < 1.29 is 4.79 Å². The van der Waals surface area contributed by atoms with Crippen molar-refractivity contribution in [3.05, 3.63) is 63.1 Å². The number of halogens is 3. The molecule has 1 aliphatic rings. The summed E-state index contributed by atoms with van der Waals surface area (Å²) in [6, 6.07) is 12.6. The minimum absolute atomic E-state index is 0.0540. The average molecular weight is 359 g/mol. The van der Waals surface area contributed by atoms with Gasteiger partial charge < -0.3 is 0 Å². The van der Waals surface area contributed by atoms with Crippen molar-refractivity contribution in [1.29, 1.82) is 0 Å². The van der Waals surface area contributed by atoms with Gasteiger partial charge in [-0.2, -0.15) is 0 Å². The van der Waals surface area contributed by atoms with Gasteiger partial charge in [-0.15, -0.1) is 11.8 Å². The Bertz CT molecular complexity index is 690. The molecule has 0 aromatic heterocycles. The Balaban J connectivity index is 2.01. The van der Waals surface area contributed by atoms with Gasteiger partial charge in [0.2, 0.25) is 5.91 Å². The Kier molecular flexibility index (Phi) is 4.36. The minimum Gasteiger partial charge on any atom is -0.295 e. The molecule has 0 bridgehead atoms. The molecule has 2 aromatic rings. The van der Waals surface area contributed by atoms with Gasteiger partial charge in [-0.05, 0) is 36.4 Å². The molecule has 108 valence electrons. The molecular weight excluding hydrogens is 349 g/mol. The Hall–Kier alpha value is -0.870. The van der Waals surface area contributed by atoms with Crippen molar-refractivity contribution in [2.45, 2.75) is 5.37 Å². The molecule has 1 fully saturated rings. The maximum absolute atomic E-state index is 12.2. The lowest BCUT2D eigenvalue weighted by Gasteiger charge is -2.25. The zero-order valence-electron chi connectivity index (χ0n) is 10.7. The first-order chi connectivity index (χ1) is 10.1. The van der Waals surface area contributed by atoms with Gasteiger partial charge in [0, 0.05) is 26.3 Å². The number of thioether (sulfide) groups is 1. The van der Waals surface area contributed by atoms with Crippen molar-refractivity contribution in [2.75, 3.05) is 10.7 Å². The number of hydrogen-bond acceptors (Lipinski definition) is 2. The van der Waals surface area contributed by atoms with E-state index in [1.807, 2.05) is 18.2 Å². The van der Waals surface area contributed by atoms with Crippen LogP contribution in [0.25, 0.3) is 0 Å². The van der Waals surface area contributed by atoms with E-state index >= 15 is 0 Å². The lowest BCUT2D eigenvalue weighted by Crippen LogP contribution is -2.27.